The van der Waals surface area contributed by atoms with Crippen molar-refractivity contribution in [3.63, 3.8) is 0 Å². The zero-order chi connectivity index (χ0) is 17.7. The second-order valence-electron chi connectivity index (χ2n) is 5.94. The molecule has 2 rings (SSSR count). The van der Waals surface area contributed by atoms with Crippen LogP contribution in [0.2, 0.25) is 0 Å². The molecule has 0 aliphatic carbocycles. The fourth-order valence-electron chi connectivity index (χ4n) is 2.56. The largest absolute Gasteiger partial charge is 0.379 e. The third-order valence-electron chi connectivity index (χ3n) is 4.01. The van der Waals surface area contributed by atoms with Crippen molar-refractivity contribution in [2.45, 2.75) is 38.6 Å². The molecule has 0 amide bonds. The van der Waals surface area contributed by atoms with Gasteiger partial charge in [0.2, 0.25) is 0 Å². The van der Waals surface area contributed by atoms with Crippen LogP contribution < -0.4 is 0 Å². The minimum absolute atomic E-state index is 0.0118. The topological polar surface area (TPSA) is 46.2 Å². The van der Waals surface area contributed by atoms with Crippen molar-refractivity contribution in [2.24, 2.45) is 0 Å². The zero-order valence-electron chi connectivity index (χ0n) is 15.0. The first-order chi connectivity index (χ1) is 12.3. The minimum Gasteiger partial charge on any atom is -0.379 e. The molecule has 0 N–H and O–H groups in total. The monoisotopic (exact) mass is 356 g/mol. The predicted octanol–water partition coefficient (Wildman–Crippen LogP) is 2.96. The maximum atomic E-state index is 13.5. The van der Waals surface area contributed by atoms with E-state index in [1.165, 1.54) is 6.07 Å². The molecule has 0 aromatic heterocycles. The van der Waals surface area contributed by atoms with Crippen molar-refractivity contribution in [1.82, 2.24) is 0 Å². The van der Waals surface area contributed by atoms with E-state index in [0.717, 1.165) is 12.8 Å². The summed E-state index contributed by atoms with van der Waals surface area (Å²) in [4.78, 5) is 0. The fraction of sp³-hybridized carbons (Fsp3) is 0.684. The van der Waals surface area contributed by atoms with Crippen LogP contribution in [0.4, 0.5) is 4.39 Å². The van der Waals surface area contributed by atoms with Gasteiger partial charge in [-0.25, -0.2) is 4.39 Å². The SMILES string of the molecule is CCOCCOCCOCC1CCC(OCc2ccccc2F)CO1. The summed E-state index contributed by atoms with van der Waals surface area (Å²) in [6.07, 6.45) is 1.88. The summed E-state index contributed by atoms with van der Waals surface area (Å²) in [5, 5.41) is 0. The average molecular weight is 356 g/mol. The van der Waals surface area contributed by atoms with Crippen molar-refractivity contribution in [1.29, 1.82) is 0 Å². The lowest BCUT2D eigenvalue weighted by molar-refractivity contribution is -0.113. The average Bonchev–Trinajstić information content (AvgIpc) is 2.64. The van der Waals surface area contributed by atoms with Gasteiger partial charge in [-0.15, -0.1) is 0 Å². The third-order valence-corrected chi connectivity index (χ3v) is 4.01. The van der Waals surface area contributed by atoms with E-state index in [1.54, 1.807) is 12.1 Å². The van der Waals surface area contributed by atoms with Gasteiger partial charge in [0.15, 0.2) is 0 Å². The van der Waals surface area contributed by atoms with E-state index < -0.39 is 0 Å². The van der Waals surface area contributed by atoms with Crippen LogP contribution in [-0.2, 0) is 30.3 Å². The Kier molecular flexibility index (Phi) is 9.99. The molecule has 0 saturated carbocycles. The van der Waals surface area contributed by atoms with Crippen LogP contribution in [0.3, 0.4) is 0 Å². The van der Waals surface area contributed by atoms with Crippen LogP contribution in [0, 0.1) is 5.82 Å². The molecule has 0 radical (unpaired) electrons. The van der Waals surface area contributed by atoms with Crippen LogP contribution >= 0.6 is 0 Å². The van der Waals surface area contributed by atoms with Gasteiger partial charge in [-0.1, -0.05) is 18.2 Å². The molecule has 2 atom stereocenters. The number of ether oxygens (including phenoxy) is 5. The van der Waals surface area contributed by atoms with Crippen molar-refractivity contribution < 1.29 is 28.1 Å². The zero-order valence-corrected chi connectivity index (χ0v) is 15.0. The number of hydrogen-bond donors (Lipinski definition) is 0. The summed E-state index contributed by atoms with van der Waals surface area (Å²) in [6.45, 7) is 6.37. The summed E-state index contributed by atoms with van der Waals surface area (Å²) >= 11 is 0. The van der Waals surface area contributed by atoms with Gasteiger partial charge < -0.3 is 23.7 Å². The standard InChI is InChI=1S/C19H29FO5/c1-2-21-9-10-22-11-12-23-14-17-7-8-18(15-25-17)24-13-16-5-3-4-6-19(16)20/h3-6,17-18H,2,7-15H2,1H3. The molecule has 1 aliphatic rings. The molecule has 1 aromatic carbocycles. The Morgan fingerprint density at radius 3 is 2.52 bits per heavy atom. The molecule has 0 bridgehead atoms. The fourth-order valence-corrected chi connectivity index (χ4v) is 2.56. The van der Waals surface area contributed by atoms with E-state index in [-0.39, 0.29) is 24.6 Å². The number of benzene rings is 1. The lowest BCUT2D eigenvalue weighted by atomic mass is 10.1. The van der Waals surface area contributed by atoms with E-state index >= 15 is 0 Å². The Hall–Kier alpha value is -1.05. The summed E-state index contributed by atoms with van der Waals surface area (Å²) in [7, 11) is 0. The third kappa shape index (κ3) is 8.25. The number of halogens is 1. The predicted molar refractivity (Wildman–Crippen MR) is 92.1 cm³/mol. The van der Waals surface area contributed by atoms with Gasteiger partial charge in [0.25, 0.3) is 0 Å². The Balaban J connectivity index is 1.48. The molecule has 2 unspecified atom stereocenters. The summed E-state index contributed by atoms with van der Waals surface area (Å²) in [5.74, 6) is -0.228. The highest BCUT2D eigenvalue weighted by Gasteiger charge is 2.22. The van der Waals surface area contributed by atoms with Gasteiger partial charge in [-0.05, 0) is 25.8 Å². The van der Waals surface area contributed by atoms with E-state index in [4.69, 9.17) is 23.7 Å². The summed E-state index contributed by atoms with van der Waals surface area (Å²) < 4.78 is 41.2. The second kappa shape index (κ2) is 12.3. The Bertz CT molecular complexity index is 463. The smallest absolute Gasteiger partial charge is 0.128 e. The molecule has 1 heterocycles. The normalized spacial score (nSPS) is 20.7. The first-order valence-corrected chi connectivity index (χ1v) is 8.99. The van der Waals surface area contributed by atoms with Gasteiger partial charge in [-0.2, -0.15) is 0 Å². The molecule has 5 nitrogen and oxygen atoms in total. The number of hydrogen-bond acceptors (Lipinski definition) is 5. The summed E-state index contributed by atoms with van der Waals surface area (Å²) in [5.41, 5.74) is 0.581. The molecule has 6 heteroatoms. The van der Waals surface area contributed by atoms with E-state index in [0.29, 0.717) is 51.8 Å². The van der Waals surface area contributed by atoms with Crippen LogP contribution in [0.15, 0.2) is 24.3 Å². The second-order valence-corrected chi connectivity index (χ2v) is 5.94. The number of rotatable bonds is 12. The lowest BCUT2D eigenvalue weighted by Gasteiger charge is -2.29. The van der Waals surface area contributed by atoms with E-state index in [9.17, 15) is 4.39 Å². The van der Waals surface area contributed by atoms with Crippen molar-refractivity contribution in [3.05, 3.63) is 35.6 Å². The lowest BCUT2D eigenvalue weighted by Crippen LogP contribution is -2.34. The Morgan fingerprint density at radius 2 is 1.80 bits per heavy atom. The van der Waals surface area contributed by atoms with Crippen molar-refractivity contribution in [3.8, 4) is 0 Å². The molecule has 1 fully saturated rings. The Labute approximate surface area is 149 Å². The van der Waals surface area contributed by atoms with Gasteiger partial charge in [0.05, 0.1) is 58.5 Å². The Morgan fingerprint density at radius 1 is 1.04 bits per heavy atom. The molecule has 1 aromatic rings. The highest BCUT2D eigenvalue weighted by atomic mass is 19.1. The highest BCUT2D eigenvalue weighted by molar-refractivity contribution is 5.16. The van der Waals surface area contributed by atoms with Crippen LogP contribution in [0.25, 0.3) is 0 Å². The first-order valence-electron chi connectivity index (χ1n) is 8.99. The van der Waals surface area contributed by atoms with Crippen molar-refractivity contribution >= 4 is 0 Å². The van der Waals surface area contributed by atoms with Crippen LogP contribution in [0.1, 0.15) is 25.3 Å². The van der Waals surface area contributed by atoms with Crippen LogP contribution in [-0.4, -0.2) is 58.5 Å². The van der Waals surface area contributed by atoms with Crippen LogP contribution in [0.5, 0.6) is 0 Å². The van der Waals surface area contributed by atoms with Gasteiger partial charge in [-0.3, -0.25) is 0 Å². The summed E-state index contributed by atoms with van der Waals surface area (Å²) in [6, 6.07) is 6.68. The van der Waals surface area contributed by atoms with Gasteiger partial charge in [0, 0.05) is 12.2 Å². The first kappa shape index (κ1) is 20.3. The van der Waals surface area contributed by atoms with Gasteiger partial charge >= 0.3 is 0 Å². The molecule has 0 spiro atoms. The van der Waals surface area contributed by atoms with E-state index in [2.05, 4.69) is 0 Å². The molecular formula is C19H29FO5. The minimum atomic E-state index is -0.228. The van der Waals surface area contributed by atoms with E-state index in [1.807, 2.05) is 13.0 Å². The van der Waals surface area contributed by atoms with Gasteiger partial charge in [0.1, 0.15) is 5.82 Å². The quantitative estimate of drug-likeness (QED) is 0.539. The molecule has 142 valence electrons. The molecular weight excluding hydrogens is 327 g/mol. The maximum absolute atomic E-state index is 13.5. The molecule has 25 heavy (non-hydrogen) atoms. The highest BCUT2D eigenvalue weighted by Crippen LogP contribution is 2.18. The maximum Gasteiger partial charge on any atom is 0.128 e. The molecule has 1 saturated heterocycles. The molecule has 1 aliphatic heterocycles. The van der Waals surface area contributed by atoms with Crippen molar-refractivity contribution in [2.75, 3.05) is 46.2 Å².